The molecule has 0 bridgehead atoms. The van der Waals surface area contributed by atoms with Gasteiger partial charge in [-0.25, -0.2) is 12.9 Å². The first-order valence-corrected chi connectivity index (χ1v) is 11.0. The first-order valence-electron chi connectivity index (χ1n) is 9.15. The van der Waals surface area contributed by atoms with Crippen molar-refractivity contribution in [1.82, 2.24) is 18.8 Å². The Labute approximate surface area is 160 Å². The van der Waals surface area contributed by atoms with Crippen LogP contribution in [0, 0.1) is 0 Å². The summed E-state index contributed by atoms with van der Waals surface area (Å²) in [5, 5.41) is 4.30. The van der Waals surface area contributed by atoms with E-state index in [9.17, 15) is 8.42 Å². The van der Waals surface area contributed by atoms with Gasteiger partial charge in [-0.1, -0.05) is 30.3 Å². The fourth-order valence-corrected chi connectivity index (χ4v) is 4.60. The van der Waals surface area contributed by atoms with Gasteiger partial charge in [0.25, 0.3) is 0 Å². The van der Waals surface area contributed by atoms with Gasteiger partial charge >= 0.3 is 0 Å². The van der Waals surface area contributed by atoms with Crippen molar-refractivity contribution in [1.29, 1.82) is 0 Å². The molecule has 27 heavy (non-hydrogen) atoms. The van der Waals surface area contributed by atoms with Crippen LogP contribution in [0.15, 0.2) is 54.9 Å². The van der Waals surface area contributed by atoms with E-state index in [-0.39, 0.29) is 6.04 Å². The summed E-state index contributed by atoms with van der Waals surface area (Å²) in [5.74, 6) is 0. The van der Waals surface area contributed by atoms with E-state index in [0.29, 0.717) is 13.1 Å². The summed E-state index contributed by atoms with van der Waals surface area (Å²) in [4.78, 5) is 2.34. The lowest BCUT2D eigenvalue weighted by atomic mass is 10.0. The molecule has 7 heteroatoms. The Bertz CT molecular complexity index is 1040. The molecule has 3 aromatic rings. The maximum Gasteiger partial charge on any atom is 0.211 e. The van der Waals surface area contributed by atoms with Crippen molar-refractivity contribution in [3.8, 4) is 11.1 Å². The van der Waals surface area contributed by atoms with Crippen molar-refractivity contribution >= 4 is 15.5 Å². The molecule has 1 aromatic carbocycles. The summed E-state index contributed by atoms with van der Waals surface area (Å²) >= 11 is 0. The van der Waals surface area contributed by atoms with Crippen LogP contribution in [0.5, 0.6) is 0 Å². The SMILES string of the molecule is CC(c1ccc(-c2cccn3nccc23)cc1)N1CCN(S(C)(=O)=O)CC1. The molecule has 1 fully saturated rings. The number of hydrogen-bond acceptors (Lipinski definition) is 4. The molecule has 6 nitrogen and oxygen atoms in total. The maximum absolute atomic E-state index is 11.7. The van der Waals surface area contributed by atoms with Crippen LogP contribution in [0.4, 0.5) is 0 Å². The fraction of sp³-hybridized carbons (Fsp3) is 0.350. The quantitative estimate of drug-likeness (QED) is 0.694. The van der Waals surface area contributed by atoms with Gasteiger partial charge in [0, 0.05) is 50.2 Å². The zero-order chi connectivity index (χ0) is 19.0. The summed E-state index contributed by atoms with van der Waals surface area (Å²) in [6.45, 7) is 4.81. The minimum atomic E-state index is -3.09. The van der Waals surface area contributed by atoms with Gasteiger partial charge in [0.05, 0.1) is 11.8 Å². The molecule has 1 aliphatic heterocycles. The second-order valence-electron chi connectivity index (χ2n) is 7.08. The average Bonchev–Trinajstić information content (AvgIpc) is 3.16. The normalized spacial score (nSPS) is 18.0. The van der Waals surface area contributed by atoms with Gasteiger partial charge in [0.15, 0.2) is 0 Å². The molecule has 1 unspecified atom stereocenters. The summed E-state index contributed by atoms with van der Waals surface area (Å²) < 4.78 is 26.8. The average molecular weight is 385 g/mol. The van der Waals surface area contributed by atoms with Crippen LogP contribution in [0.25, 0.3) is 16.6 Å². The third-order valence-corrected chi connectivity index (χ3v) is 6.73. The van der Waals surface area contributed by atoms with E-state index >= 15 is 0 Å². The molecular weight excluding hydrogens is 360 g/mol. The van der Waals surface area contributed by atoms with Crippen LogP contribution in [0.2, 0.25) is 0 Å². The maximum atomic E-state index is 11.7. The molecule has 0 amide bonds. The van der Waals surface area contributed by atoms with E-state index in [4.69, 9.17) is 0 Å². The van der Waals surface area contributed by atoms with Crippen molar-refractivity contribution in [3.63, 3.8) is 0 Å². The van der Waals surface area contributed by atoms with Crippen LogP contribution in [-0.4, -0.2) is 59.7 Å². The first-order chi connectivity index (χ1) is 12.9. The number of piperazine rings is 1. The molecule has 0 aliphatic carbocycles. The van der Waals surface area contributed by atoms with E-state index in [2.05, 4.69) is 47.3 Å². The van der Waals surface area contributed by atoms with E-state index in [1.165, 1.54) is 17.4 Å². The highest BCUT2D eigenvalue weighted by atomic mass is 32.2. The number of hydrogen-bond donors (Lipinski definition) is 0. The van der Waals surface area contributed by atoms with E-state index in [1.54, 1.807) is 4.31 Å². The number of nitrogens with zero attached hydrogens (tertiary/aromatic N) is 4. The van der Waals surface area contributed by atoms with E-state index in [0.717, 1.165) is 24.2 Å². The van der Waals surface area contributed by atoms with Gasteiger partial charge in [-0.05, 0) is 30.2 Å². The Balaban J connectivity index is 1.50. The predicted molar refractivity (Wildman–Crippen MR) is 107 cm³/mol. The van der Waals surface area contributed by atoms with Gasteiger partial charge in [-0.2, -0.15) is 9.40 Å². The molecule has 1 atom stereocenters. The van der Waals surface area contributed by atoms with Crippen LogP contribution < -0.4 is 0 Å². The fourth-order valence-electron chi connectivity index (χ4n) is 3.77. The lowest BCUT2D eigenvalue weighted by molar-refractivity contribution is 0.146. The number of fused-ring (bicyclic) bond motifs is 1. The highest BCUT2D eigenvalue weighted by Crippen LogP contribution is 2.28. The van der Waals surface area contributed by atoms with Crippen molar-refractivity contribution in [2.45, 2.75) is 13.0 Å². The molecule has 0 saturated carbocycles. The smallest absolute Gasteiger partial charge is 0.211 e. The van der Waals surface area contributed by atoms with Crippen molar-refractivity contribution in [2.24, 2.45) is 0 Å². The highest BCUT2D eigenvalue weighted by molar-refractivity contribution is 7.88. The van der Waals surface area contributed by atoms with Crippen molar-refractivity contribution < 1.29 is 8.42 Å². The second-order valence-corrected chi connectivity index (χ2v) is 9.06. The number of benzene rings is 1. The van der Waals surface area contributed by atoms with Crippen LogP contribution in [0.3, 0.4) is 0 Å². The van der Waals surface area contributed by atoms with Crippen molar-refractivity contribution in [3.05, 3.63) is 60.4 Å². The molecule has 4 rings (SSSR count). The summed E-state index contributed by atoms with van der Waals surface area (Å²) in [7, 11) is -3.09. The molecule has 0 N–H and O–H groups in total. The standard InChI is InChI=1S/C20H24N4O2S/c1-16(22-12-14-23(15-13-22)27(2,25)26)17-5-7-18(8-6-17)19-4-3-11-24-20(19)9-10-21-24/h3-11,16H,12-15H2,1-2H3. The Morgan fingerprint density at radius 3 is 2.37 bits per heavy atom. The molecule has 3 heterocycles. The van der Waals surface area contributed by atoms with Crippen molar-refractivity contribution in [2.75, 3.05) is 32.4 Å². The molecule has 0 spiro atoms. The number of sulfonamides is 1. The predicted octanol–water partition coefficient (Wildman–Crippen LogP) is 2.64. The lowest BCUT2D eigenvalue weighted by Crippen LogP contribution is -2.48. The molecular formula is C20H24N4O2S. The number of pyridine rings is 1. The molecule has 0 radical (unpaired) electrons. The van der Waals surface area contributed by atoms with Crippen LogP contribution >= 0.6 is 0 Å². The summed E-state index contributed by atoms with van der Waals surface area (Å²) in [6, 6.07) is 15.0. The lowest BCUT2D eigenvalue weighted by Gasteiger charge is -2.37. The molecule has 1 aliphatic rings. The van der Waals surface area contributed by atoms with Gasteiger partial charge in [-0.3, -0.25) is 4.90 Å². The van der Waals surface area contributed by atoms with Gasteiger partial charge in [0.2, 0.25) is 10.0 Å². The Kier molecular flexibility index (Phi) is 4.75. The first kappa shape index (κ1) is 18.2. The minimum Gasteiger partial charge on any atom is -0.294 e. The summed E-state index contributed by atoms with van der Waals surface area (Å²) in [6.07, 6.45) is 5.04. The second kappa shape index (κ2) is 7.07. The van der Waals surface area contributed by atoms with Gasteiger partial charge < -0.3 is 0 Å². The Morgan fingerprint density at radius 2 is 1.70 bits per heavy atom. The zero-order valence-electron chi connectivity index (χ0n) is 15.6. The van der Waals surface area contributed by atoms with Gasteiger partial charge in [-0.15, -0.1) is 0 Å². The number of aromatic nitrogens is 2. The number of rotatable bonds is 4. The molecule has 2 aromatic heterocycles. The minimum absolute atomic E-state index is 0.256. The Morgan fingerprint density at radius 1 is 1.00 bits per heavy atom. The monoisotopic (exact) mass is 384 g/mol. The topological polar surface area (TPSA) is 57.9 Å². The third kappa shape index (κ3) is 3.63. The van der Waals surface area contributed by atoms with Crippen LogP contribution in [-0.2, 0) is 10.0 Å². The van der Waals surface area contributed by atoms with Gasteiger partial charge in [0.1, 0.15) is 0 Å². The zero-order valence-corrected chi connectivity index (χ0v) is 16.4. The van der Waals surface area contributed by atoms with Crippen LogP contribution in [0.1, 0.15) is 18.5 Å². The Hall–Kier alpha value is -2.22. The highest BCUT2D eigenvalue weighted by Gasteiger charge is 2.26. The molecule has 142 valence electrons. The third-order valence-electron chi connectivity index (χ3n) is 5.43. The van der Waals surface area contributed by atoms with E-state index in [1.807, 2.05) is 29.0 Å². The molecule has 1 saturated heterocycles. The van der Waals surface area contributed by atoms with E-state index < -0.39 is 10.0 Å². The summed E-state index contributed by atoms with van der Waals surface area (Å²) in [5.41, 5.74) is 4.66. The largest absolute Gasteiger partial charge is 0.294 e.